The maximum absolute atomic E-state index is 11.1. The number of rotatable bonds is 11. The molecule has 0 heterocycles. The number of nitrogens with two attached hydrogens (primary N) is 1. The van der Waals surface area contributed by atoms with Gasteiger partial charge in [-0.05, 0) is 19.1 Å². The molecule has 1 aromatic carbocycles. The lowest BCUT2D eigenvalue weighted by Crippen LogP contribution is -2.14. The lowest BCUT2D eigenvalue weighted by molar-refractivity contribution is -0.140. The topological polar surface area (TPSA) is 80.0 Å². The first-order valence-electron chi connectivity index (χ1n) is 7.06. The fourth-order valence-electron chi connectivity index (χ4n) is 1.46. The monoisotopic (exact) mass is 309 g/mol. The largest absolute Gasteiger partial charge is 0.489 e. The molecule has 0 bridgehead atoms. The van der Waals surface area contributed by atoms with E-state index in [2.05, 4.69) is 6.58 Å². The average Bonchev–Trinajstić information content (AvgIpc) is 2.50. The number of ether oxygens (including phenoxy) is 4. The molecule has 22 heavy (non-hydrogen) atoms. The van der Waals surface area contributed by atoms with Crippen LogP contribution in [0.25, 0.3) is 0 Å². The van der Waals surface area contributed by atoms with Gasteiger partial charge in [0.2, 0.25) is 0 Å². The van der Waals surface area contributed by atoms with Crippen molar-refractivity contribution in [3.63, 3.8) is 0 Å². The van der Waals surface area contributed by atoms with Crippen molar-refractivity contribution in [3.8, 4) is 5.75 Å². The molecule has 2 N–H and O–H groups in total. The zero-order valence-corrected chi connectivity index (χ0v) is 12.9. The van der Waals surface area contributed by atoms with Crippen LogP contribution in [-0.2, 0) is 19.0 Å². The zero-order chi connectivity index (χ0) is 16.2. The van der Waals surface area contributed by atoms with E-state index in [1.807, 2.05) is 18.2 Å². The third-order valence-electron chi connectivity index (χ3n) is 2.59. The van der Waals surface area contributed by atoms with E-state index in [1.165, 1.54) is 0 Å². The van der Waals surface area contributed by atoms with Gasteiger partial charge in [0.25, 0.3) is 0 Å². The fraction of sp³-hybridized carbons (Fsp3) is 0.438. The van der Waals surface area contributed by atoms with E-state index < -0.39 is 5.97 Å². The molecule has 6 heteroatoms. The number of carbonyl (C=O) groups is 1. The summed E-state index contributed by atoms with van der Waals surface area (Å²) >= 11 is 0. The van der Waals surface area contributed by atoms with Crippen LogP contribution in [0, 0.1) is 0 Å². The van der Waals surface area contributed by atoms with Crippen LogP contribution in [0.2, 0.25) is 0 Å². The number of benzene rings is 1. The summed E-state index contributed by atoms with van der Waals surface area (Å²) in [4.78, 5) is 11.1. The second kappa shape index (κ2) is 10.6. The van der Waals surface area contributed by atoms with Gasteiger partial charge in [-0.2, -0.15) is 0 Å². The van der Waals surface area contributed by atoms with Crippen molar-refractivity contribution in [2.75, 3.05) is 45.4 Å². The molecule has 6 nitrogen and oxygen atoms in total. The highest BCUT2D eigenvalue weighted by Crippen LogP contribution is 2.19. The predicted molar refractivity (Wildman–Crippen MR) is 83.8 cm³/mol. The predicted octanol–water partition coefficient (Wildman–Crippen LogP) is 1.80. The van der Waals surface area contributed by atoms with E-state index in [1.54, 1.807) is 13.0 Å². The van der Waals surface area contributed by atoms with Crippen molar-refractivity contribution in [2.24, 2.45) is 0 Å². The zero-order valence-electron chi connectivity index (χ0n) is 12.9. The summed E-state index contributed by atoms with van der Waals surface area (Å²) in [5.74, 6) is 0.249. The van der Waals surface area contributed by atoms with E-state index in [9.17, 15) is 4.79 Å². The van der Waals surface area contributed by atoms with Crippen LogP contribution in [0.15, 0.2) is 36.4 Å². The van der Waals surface area contributed by atoms with Gasteiger partial charge in [0.15, 0.2) is 0 Å². The summed E-state index contributed by atoms with van der Waals surface area (Å²) < 4.78 is 21.0. The molecule has 1 aromatic rings. The molecule has 0 saturated heterocycles. The highest BCUT2D eigenvalue weighted by molar-refractivity contribution is 5.86. The van der Waals surface area contributed by atoms with Crippen LogP contribution in [0.4, 0.5) is 5.69 Å². The van der Waals surface area contributed by atoms with E-state index in [0.29, 0.717) is 50.0 Å². The lowest BCUT2D eigenvalue weighted by Gasteiger charge is -2.09. The van der Waals surface area contributed by atoms with E-state index in [-0.39, 0.29) is 6.61 Å². The normalized spacial score (nSPS) is 10.2. The van der Waals surface area contributed by atoms with Gasteiger partial charge in [0.05, 0.1) is 32.1 Å². The molecule has 0 aliphatic heterocycles. The Labute approximate surface area is 130 Å². The lowest BCUT2D eigenvalue weighted by atomic mass is 10.3. The third kappa shape index (κ3) is 7.66. The molecule has 0 aliphatic rings. The fourth-order valence-corrected chi connectivity index (χ4v) is 1.46. The van der Waals surface area contributed by atoms with Crippen LogP contribution in [0.5, 0.6) is 5.75 Å². The highest BCUT2D eigenvalue weighted by Gasteiger charge is 2.02. The third-order valence-corrected chi connectivity index (χ3v) is 2.59. The quantitative estimate of drug-likeness (QED) is 0.290. The van der Waals surface area contributed by atoms with Crippen molar-refractivity contribution in [1.29, 1.82) is 0 Å². The Hall–Kier alpha value is -2.05. The van der Waals surface area contributed by atoms with Crippen molar-refractivity contribution in [1.82, 2.24) is 0 Å². The minimum absolute atomic E-state index is 0.210. The number of nitrogen functional groups attached to an aromatic ring is 1. The molecule has 0 radical (unpaired) electrons. The Morgan fingerprint density at radius 2 is 1.64 bits per heavy atom. The molecule has 0 atom stereocenters. The van der Waals surface area contributed by atoms with Crippen molar-refractivity contribution < 1.29 is 23.7 Å². The van der Waals surface area contributed by atoms with Crippen molar-refractivity contribution >= 4 is 11.7 Å². The maximum Gasteiger partial charge on any atom is 0.333 e. The van der Waals surface area contributed by atoms with Crippen LogP contribution in [0.3, 0.4) is 0 Å². The van der Waals surface area contributed by atoms with Gasteiger partial charge in [0, 0.05) is 5.57 Å². The summed E-state index contributed by atoms with van der Waals surface area (Å²) in [5, 5.41) is 0. The molecule has 0 saturated carbocycles. The molecule has 0 amide bonds. The molecule has 1 rings (SSSR count). The van der Waals surface area contributed by atoms with Crippen LogP contribution >= 0.6 is 0 Å². The van der Waals surface area contributed by atoms with Crippen molar-refractivity contribution in [3.05, 3.63) is 36.4 Å². The standard InChI is InChI=1S/C16H23NO5/c1-13(2)16(18)22-12-10-20-8-7-19-9-11-21-15-6-4-3-5-14(15)17/h3-6H,1,7-12,17H2,2H3. The Balaban J connectivity index is 1.91. The summed E-state index contributed by atoms with van der Waals surface area (Å²) in [6, 6.07) is 7.31. The summed E-state index contributed by atoms with van der Waals surface area (Å²) in [7, 11) is 0. The number of esters is 1. The number of hydrogen-bond acceptors (Lipinski definition) is 6. The Kier molecular flexibility index (Phi) is 8.71. The first-order chi connectivity index (χ1) is 10.6. The molecule has 0 unspecified atom stereocenters. The van der Waals surface area contributed by atoms with Crippen LogP contribution < -0.4 is 10.5 Å². The van der Waals surface area contributed by atoms with E-state index in [4.69, 9.17) is 24.7 Å². The van der Waals surface area contributed by atoms with E-state index in [0.717, 1.165) is 0 Å². The summed E-state index contributed by atoms with van der Waals surface area (Å²) in [6.45, 7) is 7.37. The highest BCUT2D eigenvalue weighted by atomic mass is 16.6. The van der Waals surface area contributed by atoms with Gasteiger partial charge in [0.1, 0.15) is 19.0 Å². The minimum Gasteiger partial charge on any atom is -0.489 e. The van der Waals surface area contributed by atoms with Gasteiger partial charge < -0.3 is 24.7 Å². The molecule has 0 fully saturated rings. The first kappa shape index (κ1) is 18.0. The molecule has 0 spiro atoms. The average molecular weight is 309 g/mol. The second-order valence-electron chi connectivity index (χ2n) is 4.53. The number of hydrogen-bond donors (Lipinski definition) is 1. The van der Waals surface area contributed by atoms with Gasteiger partial charge in [-0.3, -0.25) is 0 Å². The Bertz CT molecular complexity index is 475. The minimum atomic E-state index is -0.405. The van der Waals surface area contributed by atoms with E-state index >= 15 is 0 Å². The molecule has 0 aliphatic carbocycles. The number of anilines is 1. The molecular formula is C16H23NO5. The van der Waals surface area contributed by atoms with Crippen LogP contribution in [-0.4, -0.2) is 45.6 Å². The summed E-state index contributed by atoms with van der Waals surface area (Å²) in [5.41, 5.74) is 6.73. The van der Waals surface area contributed by atoms with Gasteiger partial charge >= 0.3 is 5.97 Å². The summed E-state index contributed by atoms with van der Waals surface area (Å²) in [6.07, 6.45) is 0. The Morgan fingerprint density at radius 1 is 1.05 bits per heavy atom. The molecule has 0 aromatic heterocycles. The van der Waals surface area contributed by atoms with Crippen molar-refractivity contribution in [2.45, 2.75) is 6.92 Å². The molecular weight excluding hydrogens is 286 g/mol. The molecule has 122 valence electrons. The number of carbonyl (C=O) groups excluding carboxylic acids is 1. The number of para-hydroxylation sites is 2. The second-order valence-corrected chi connectivity index (χ2v) is 4.53. The SMILES string of the molecule is C=C(C)C(=O)OCCOCCOCCOc1ccccc1N. The van der Waals surface area contributed by atoms with Gasteiger partial charge in [-0.1, -0.05) is 18.7 Å². The Morgan fingerprint density at radius 3 is 2.27 bits per heavy atom. The first-order valence-corrected chi connectivity index (χ1v) is 7.06. The smallest absolute Gasteiger partial charge is 0.333 e. The van der Waals surface area contributed by atoms with Gasteiger partial charge in [-0.25, -0.2) is 4.79 Å². The van der Waals surface area contributed by atoms with Gasteiger partial charge in [-0.15, -0.1) is 0 Å². The van der Waals surface area contributed by atoms with Crippen LogP contribution in [0.1, 0.15) is 6.92 Å². The maximum atomic E-state index is 11.1.